The minimum absolute atomic E-state index is 0.328. The van der Waals surface area contributed by atoms with Crippen LogP contribution in [0.25, 0.3) is 10.9 Å². The molecular formula is C16H20N2. The van der Waals surface area contributed by atoms with Gasteiger partial charge in [0.15, 0.2) is 0 Å². The van der Waals surface area contributed by atoms with Gasteiger partial charge in [-0.3, -0.25) is 4.98 Å². The fraction of sp³-hybridized carbons (Fsp3) is 0.312. The van der Waals surface area contributed by atoms with Gasteiger partial charge in [0, 0.05) is 11.4 Å². The standard InChI is InChI=1S/C16H20N2/c1-3-4-5-10-15(17-2)16-12-11-13-8-6-7-9-14(13)18-16/h3,6-9,11-12,15,17H,1,4-5,10H2,2H3. The normalized spacial score (nSPS) is 12.5. The van der Waals surface area contributed by atoms with Crippen LogP contribution in [0.15, 0.2) is 49.1 Å². The SMILES string of the molecule is C=CCCCC(NC)c1ccc2ccccc2n1. The first kappa shape index (κ1) is 12.8. The van der Waals surface area contributed by atoms with Gasteiger partial charge in [0.1, 0.15) is 0 Å². The van der Waals surface area contributed by atoms with Crippen molar-refractivity contribution >= 4 is 10.9 Å². The molecular weight excluding hydrogens is 220 g/mol. The van der Waals surface area contributed by atoms with Crippen molar-refractivity contribution in [2.24, 2.45) is 0 Å². The van der Waals surface area contributed by atoms with Crippen LogP contribution >= 0.6 is 0 Å². The molecule has 0 saturated carbocycles. The highest BCUT2D eigenvalue weighted by Crippen LogP contribution is 2.20. The van der Waals surface area contributed by atoms with Crippen LogP contribution in [0.5, 0.6) is 0 Å². The first-order valence-electron chi connectivity index (χ1n) is 6.49. The summed E-state index contributed by atoms with van der Waals surface area (Å²) in [7, 11) is 2.00. The summed E-state index contributed by atoms with van der Waals surface area (Å²) in [6.07, 6.45) is 5.27. The van der Waals surface area contributed by atoms with Gasteiger partial charge in [0.25, 0.3) is 0 Å². The predicted octanol–water partition coefficient (Wildman–Crippen LogP) is 3.85. The van der Waals surface area contributed by atoms with E-state index in [9.17, 15) is 0 Å². The lowest BCUT2D eigenvalue weighted by Gasteiger charge is -2.15. The Bertz CT molecular complexity index is 519. The van der Waals surface area contributed by atoms with Crippen LogP contribution in [-0.2, 0) is 0 Å². The molecule has 0 aliphatic carbocycles. The Kier molecular flexibility index (Phi) is 4.48. The molecule has 2 rings (SSSR count). The van der Waals surface area contributed by atoms with Gasteiger partial charge >= 0.3 is 0 Å². The number of allylic oxidation sites excluding steroid dienone is 1. The molecule has 1 atom stereocenters. The monoisotopic (exact) mass is 240 g/mol. The van der Waals surface area contributed by atoms with E-state index in [1.54, 1.807) is 0 Å². The highest BCUT2D eigenvalue weighted by Gasteiger charge is 2.10. The number of nitrogens with one attached hydrogen (secondary N) is 1. The molecule has 0 amide bonds. The third-order valence-electron chi connectivity index (χ3n) is 3.23. The van der Waals surface area contributed by atoms with Crippen LogP contribution in [-0.4, -0.2) is 12.0 Å². The first-order valence-corrected chi connectivity index (χ1v) is 6.49. The van der Waals surface area contributed by atoms with Crippen LogP contribution in [0, 0.1) is 0 Å². The average molecular weight is 240 g/mol. The second-order valence-corrected chi connectivity index (χ2v) is 4.49. The van der Waals surface area contributed by atoms with E-state index in [1.807, 2.05) is 25.3 Å². The number of pyridine rings is 1. The quantitative estimate of drug-likeness (QED) is 0.612. The number of unbranched alkanes of at least 4 members (excludes halogenated alkanes) is 1. The molecule has 18 heavy (non-hydrogen) atoms. The minimum Gasteiger partial charge on any atom is -0.312 e. The van der Waals surface area contributed by atoms with Crippen LogP contribution < -0.4 is 5.32 Å². The lowest BCUT2D eigenvalue weighted by Crippen LogP contribution is -2.17. The molecule has 0 aliphatic heterocycles. The summed E-state index contributed by atoms with van der Waals surface area (Å²) in [5, 5.41) is 4.54. The van der Waals surface area contributed by atoms with Crippen LogP contribution in [0.1, 0.15) is 31.0 Å². The number of benzene rings is 1. The van der Waals surface area contributed by atoms with E-state index in [-0.39, 0.29) is 0 Å². The molecule has 0 radical (unpaired) electrons. The van der Waals surface area contributed by atoms with Crippen molar-refractivity contribution in [2.75, 3.05) is 7.05 Å². The molecule has 0 bridgehead atoms. The second-order valence-electron chi connectivity index (χ2n) is 4.49. The van der Waals surface area contributed by atoms with Gasteiger partial charge in [0.05, 0.1) is 11.2 Å². The molecule has 1 aromatic carbocycles. The molecule has 2 aromatic rings. The van der Waals surface area contributed by atoms with Gasteiger partial charge < -0.3 is 5.32 Å². The van der Waals surface area contributed by atoms with Crippen molar-refractivity contribution in [3.05, 3.63) is 54.7 Å². The summed E-state index contributed by atoms with van der Waals surface area (Å²) in [4.78, 5) is 4.74. The average Bonchev–Trinajstić information content (AvgIpc) is 2.43. The van der Waals surface area contributed by atoms with E-state index in [4.69, 9.17) is 4.98 Å². The van der Waals surface area contributed by atoms with E-state index in [2.05, 4.69) is 36.2 Å². The van der Waals surface area contributed by atoms with Crippen LogP contribution in [0.2, 0.25) is 0 Å². The molecule has 1 unspecified atom stereocenters. The second kappa shape index (κ2) is 6.31. The number of nitrogens with zero attached hydrogens (tertiary/aromatic N) is 1. The zero-order chi connectivity index (χ0) is 12.8. The highest BCUT2D eigenvalue weighted by molar-refractivity contribution is 5.78. The Hall–Kier alpha value is -1.67. The maximum Gasteiger partial charge on any atom is 0.0706 e. The van der Waals surface area contributed by atoms with Crippen LogP contribution in [0.3, 0.4) is 0 Å². The van der Waals surface area contributed by atoms with Crippen molar-refractivity contribution in [2.45, 2.75) is 25.3 Å². The number of para-hydroxylation sites is 1. The third kappa shape index (κ3) is 2.96. The van der Waals surface area contributed by atoms with E-state index in [0.717, 1.165) is 30.5 Å². The first-order chi connectivity index (χ1) is 8.85. The van der Waals surface area contributed by atoms with Crippen molar-refractivity contribution in [1.29, 1.82) is 0 Å². The Labute approximate surface area is 109 Å². The predicted molar refractivity (Wildman–Crippen MR) is 77.6 cm³/mol. The number of aromatic nitrogens is 1. The maximum absolute atomic E-state index is 4.74. The van der Waals surface area contributed by atoms with Gasteiger partial charge in [-0.05, 0) is 38.4 Å². The zero-order valence-electron chi connectivity index (χ0n) is 10.9. The zero-order valence-corrected chi connectivity index (χ0v) is 10.9. The summed E-state index contributed by atoms with van der Waals surface area (Å²) in [6, 6.07) is 12.8. The van der Waals surface area contributed by atoms with Gasteiger partial charge in [-0.2, -0.15) is 0 Å². The van der Waals surface area contributed by atoms with E-state index in [1.165, 1.54) is 5.39 Å². The van der Waals surface area contributed by atoms with E-state index in [0.29, 0.717) is 6.04 Å². The molecule has 1 N–H and O–H groups in total. The smallest absolute Gasteiger partial charge is 0.0706 e. The third-order valence-corrected chi connectivity index (χ3v) is 3.23. The lowest BCUT2D eigenvalue weighted by atomic mass is 10.0. The Morgan fingerprint density at radius 1 is 1.28 bits per heavy atom. The topological polar surface area (TPSA) is 24.9 Å². The summed E-state index contributed by atoms with van der Waals surface area (Å²) < 4.78 is 0. The number of fused-ring (bicyclic) bond motifs is 1. The van der Waals surface area contributed by atoms with Crippen molar-refractivity contribution in [1.82, 2.24) is 10.3 Å². The van der Waals surface area contributed by atoms with E-state index < -0.39 is 0 Å². The fourth-order valence-corrected chi connectivity index (χ4v) is 2.18. The summed E-state index contributed by atoms with van der Waals surface area (Å²) in [5.41, 5.74) is 2.19. The molecule has 94 valence electrons. The Morgan fingerprint density at radius 3 is 2.89 bits per heavy atom. The molecule has 0 saturated heterocycles. The largest absolute Gasteiger partial charge is 0.312 e. The summed E-state index contributed by atoms with van der Waals surface area (Å²) in [5.74, 6) is 0. The molecule has 2 nitrogen and oxygen atoms in total. The highest BCUT2D eigenvalue weighted by atomic mass is 14.9. The van der Waals surface area contributed by atoms with Gasteiger partial charge in [-0.15, -0.1) is 6.58 Å². The lowest BCUT2D eigenvalue weighted by molar-refractivity contribution is 0.519. The fourth-order valence-electron chi connectivity index (χ4n) is 2.18. The van der Waals surface area contributed by atoms with Crippen molar-refractivity contribution in [3.63, 3.8) is 0 Å². The number of hydrogen-bond acceptors (Lipinski definition) is 2. The maximum atomic E-state index is 4.74. The molecule has 0 fully saturated rings. The molecule has 0 aliphatic rings. The van der Waals surface area contributed by atoms with Crippen LogP contribution in [0.4, 0.5) is 0 Å². The summed E-state index contributed by atoms with van der Waals surface area (Å²) in [6.45, 7) is 3.76. The van der Waals surface area contributed by atoms with Crippen molar-refractivity contribution < 1.29 is 0 Å². The molecule has 1 aromatic heterocycles. The number of hydrogen-bond donors (Lipinski definition) is 1. The van der Waals surface area contributed by atoms with Gasteiger partial charge in [-0.25, -0.2) is 0 Å². The number of rotatable bonds is 6. The Morgan fingerprint density at radius 2 is 2.11 bits per heavy atom. The van der Waals surface area contributed by atoms with Crippen molar-refractivity contribution in [3.8, 4) is 0 Å². The molecule has 1 heterocycles. The molecule has 0 spiro atoms. The van der Waals surface area contributed by atoms with Gasteiger partial charge in [0.2, 0.25) is 0 Å². The van der Waals surface area contributed by atoms with E-state index >= 15 is 0 Å². The van der Waals surface area contributed by atoms with Gasteiger partial charge in [-0.1, -0.05) is 30.3 Å². The summed E-state index contributed by atoms with van der Waals surface area (Å²) >= 11 is 0. The molecule has 2 heteroatoms. The minimum atomic E-state index is 0.328. The Balaban J connectivity index is 2.19.